The number of rotatable bonds is 4. The summed E-state index contributed by atoms with van der Waals surface area (Å²) in [7, 11) is 2.00. The van der Waals surface area contributed by atoms with Crippen molar-refractivity contribution in [2.45, 2.75) is 44.6 Å². The van der Waals surface area contributed by atoms with E-state index in [1.54, 1.807) is 0 Å². The number of carbonyl (C=O) groups is 1. The van der Waals surface area contributed by atoms with E-state index in [0.717, 1.165) is 37.8 Å². The van der Waals surface area contributed by atoms with Crippen LogP contribution < -0.4 is 5.32 Å². The number of nitrogens with zero attached hydrogens (tertiary/aromatic N) is 3. The third kappa shape index (κ3) is 3.82. The summed E-state index contributed by atoms with van der Waals surface area (Å²) < 4.78 is 2.02. The molecule has 2 aliphatic rings. The third-order valence-electron chi connectivity index (χ3n) is 4.96. The maximum atomic E-state index is 12.6. The second-order valence-corrected chi connectivity index (χ2v) is 6.39. The van der Waals surface area contributed by atoms with Crippen LogP contribution in [0.25, 0.3) is 0 Å². The fraction of sp³-hybridized carbons (Fsp3) is 0.750. The molecule has 1 aromatic heterocycles. The zero-order valence-corrected chi connectivity index (χ0v) is 14.1. The Hall–Kier alpha value is -1.07. The highest BCUT2D eigenvalue weighted by Crippen LogP contribution is 2.29. The minimum Gasteiger partial charge on any atom is -0.336 e. The van der Waals surface area contributed by atoms with E-state index in [-0.39, 0.29) is 18.4 Å². The number of amides is 1. The molecule has 2 fully saturated rings. The molecule has 0 spiro atoms. The number of imidazole rings is 1. The Morgan fingerprint density at radius 3 is 2.86 bits per heavy atom. The van der Waals surface area contributed by atoms with Crippen LogP contribution in [0.3, 0.4) is 0 Å². The van der Waals surface area contributed by atoms with E-state index in [1.165, 1.54) is 25.7 Å². The first kappa shape index (κ1) is 17.3. The molecule has 1 aromatic rings. The molecule has 1 aliphatic heterocycles. The number of piperazine rings is 1. The molecule has 2 heterocycles. The van der Waals surface area contributed by atoms with Crippen molar-refractivity contribution in [1.82, 2.24) is 19.8 Å². The fourth-order valence-corrected chi connectivity index (χ4v) is 3.70. The molecule has 1 saturated carbocycles. The van der Waals surface area contributed by atoms with Crippen molar-refractivity contribution in [2.75, 3.05) is 19.6 Å². The molecule has 124 valence electrons. The Kier molecular flexibility index (Phi) is 6.26. The van der Waals surface area contributed by atoms with Gasteiger partial charge in [-0.1, -0.05) is 25.7 Å². The average molecular weight is 327 g/mol. The van der Waals surface area contributed by atoms with Gasteiger partial charge in [-0.05, 0) is 12.3 Å². The van der Waals surface area contributed by atoms with E-state index in [0.29, 0.717) is 12.3 Å². The number of carbonyl (C=O) groups excluding carboxylic acids is 1. The van der Waals surface area contributed by atoms with Crippen molar-refractivity contribution in [3.8, 4) is 0 Å². The summed E-state index contributed by atoms with van der Waals surface area (Å²) in [4.78, 5) is 19.1. The number of nitrogens with one attached hydrogen (secondary N) is 1. The van der Waals surface area contributed by atoms with Crippen LogP contribution in [0.1, 0.15) is 50.4 Å². The predicted octanol–water partition coefficient (Wildman–Crippen LogP) is 2.29. The molecule has 1 amide bonds. The normalized spacial score (nSPS) is 22.6. The average Bonchev–Trinajstić information content (AvgIpc) is 3.16. The van der Waals surface area contributed by atoms with E-state index in [2.05, 4.69) is 10.3 Å². The molecule has 1 unspecified atom stereocenters. The van der Waals surface area contributed by atoms with Crippen LogP contribution in [0.4, 0.5) is 0 Å². The van der Waals surface area contributed by atoms with E-state index >= 15 is 0 Å². The quantitative estimate of drug-likeness (QED) is 0.923. The first-order valence-electron chi connectivity index (χ1n) is 8.23. The van der Waals surface area contributed by atoms with Gasteiger partial charge in [0.25, 0.3) is 0 Å². The van der Waals surface area contributed by atoms with E-state index in [1.807, 2.05) is 28.9 Å². The summed E-state index contributed by atoms with van der Waals surface area (Å²) in [5, 5.41) is 3.39. The summed E-state index contributed by atoms with van der Waals surface area (Å²) in [5.41, 5.74) is 0. The van der Waals surface area contributed by atoms with Gasteiger partial charge in [-0.3, -0.25) is 4.79 Å². The third-order valence-corrected chi connectivity index (χ3v) is 4.96. The van der Waals surface area contributed by atoms with Gasteiger partial charge in [-0.2, -0.15) is 0 Å². The second-order valence-electron chi connectivity index (χ2n) is 6.39. The van der Waals surface area contributed by atoms with Crippen LogP contribution in [0.15, 0.2) is 12.4 Å². The molecule has 1 atom stereocenters. The monoisotopic (exact) mass is 326 g/mol. The molecule has 5 nitrogen and oxygen atoms in total. The molecular weight excluding hydrogens is 300 g/mol. The molecule has 0 bridgehead atoms. The Labute approximate surface area is 138 Å². The minimum atomic E-state index is 0. The highest BCUT2D eigenvalue weighted by Gasteiger charge is 2.30. The predicted molar refractivity (Wildman–Crippen MR) is 89.0 cm³/mol. The van der Waals surface area contributed by atoms with E-state index < -0.39 is 0 Å². The minimum absolute atomic E-state index is 0. The highest BCUT2D eigenvalue weighted by molar-refractivity contribution is 5.85. The molecular formula is C16H27ClN4O. The number of hydrogen-bond donors (Lipinski definition) is 1. The zero-order chi connectivity index (χ0) is 14.7. The summed E-state index contributed by atoms with van der Waals surface area (Å²) >= 11 is 0. The van der Waals surface area contributed by atoms with Gasteiger partial charge in [0.1, 0.15) is 11.9 Å². The largest absolute Gasteiger partial charge is 0.336 e. The van der Waals surface area contributed by atoms with Crippen molar-refractivity contribution in [3.05, 3.63) is 18.2 Å². The first-order valence-corrected chi connectivity index (χ1v) is 8.23. The lowest BCUT2D eigenvalue weighted by molar-refractivity contribution is -0.135. The standard InChI is InChI=1S/C16H26N4O.ClH/c1-19-10-9-18-16(19)14-12-17-8-11-20(14)15(21)7-6-13-4-2-3-5-13;/h9-10,13-14,17H,2-8,11-12H2,1H3;1H. The SMILES string of the molecule is Cl.Cn1ccnc1C1CNCCN1C(=O)CCC1CCCC1. The molecule has 3 rings (SSSR count). The van der Waals surface area contributed by atoms with Crippen LogP contribution in [-0.2, 0) is 11.8 Å². The van der Waals surface area contributed by atoms with Crippen molar-refractivity contribution in [3.63, 3.8) is 0 Å². The van der Waals surface area contributed by atoms with Gasteiger partial charge in [-0.25, -0.2) is 4.98 Å². The first-order chi connectivity index (χ1) is 10.3. The van der Waals surface area contributed by atoms with Gasteiger partial charge in [0.2, 0.25) is 5.91 Å². The number of aryl methyl sites for hydroxylation is 1. The molecule has 1 N–H and O–H groups in total. The van der Waals surface area contributed by atoms with Crippen LogP contribution >= 0.6 is 12.4 Å². The molecule has 0 radical (unpaired) electrons. The molecule has 1 aliphatic carbocycles. The van der Waals surface area contributed by atoms with Crippen molar-refractivity contribution in [2.24, 2.45) is 13.0 Å². The van der Waals surface area contributed by atoms with Gasteiger partial charge in [-0.15, -0.1) is 12.4 Å². The number of halogens is 1. The molecule has 22 heavy (non-hydrogen) atoms. The Balaban J connectivity index is 0.00000176. The zero-order valence-electron chi connectivity index (χ0n) is 13.3. The second kappa shape index (κ2) is 7.97. The lowest BCUT2D eigenvalue weighted by Gasteiger charge is -2.36. The summed E-state index contributed by atoms with van der Waals surface area (Å²) in [5.74, 6) is 2.07. The Morgan fingerprint density at radius 1 is 1.41 bits per heavy atom. The Bertz CT molecular complexity index is 484. The van der Waals surface area contributed by atoms with Crippen molar-refractivity contribution >= 4 is 18.3 Å². The summed E-state index contributed by atoms with van der Waals surface area (Å²) in [6.07, 6.45) is 10.9. The van der Waals surface area contributed by atoms with Crippen LogP contribution in [-0.4, -0.2) is 40.0 Å². The highest BCUT2D eigenvalue weighted by atomic mass is 35.5. The van der Waals surface area contributed by atoms with Crippen LogP contribution in [0.5, 0.6) is 0 Å². The molecule has 0 aromatic carbocycles. The van der Waals surface area contributed by atoms with Gasteiger partial charge in [0, 0.05) is 45.5 Å². The smallest absolute Gasteiger partial charge is 0.223 e. The van der Waals surface area contributed by atoms with Gasteiger partial charge >= 0.3 is 0 Å². The summed E-state index contributed by atoms with van der Waals surface area (Å²) in [6.45, 7) is 2.48. The van der Waals surface area contributed by atoms with Crippen LogP contribution in [0, 0.1) is 5.92 Å². The van der Waals surface area contributed by atoms with Gasteiger partial charge < -0.3 is 14.8 Å². The lowest BCUT2D eigenvalue weighted by Crippen LogP contribution is -2.49. The van der Waals surface area contributed by atoms with Crippen molar-refractivity contribution < 1.29 is 4.79 Å². The Morgan fingerprint density at radius 2 is 2.18 bits per heavy atom. The fourth-order valence-electron chi connectivity index (χ4n) is 3.70. The maximum Gasteiger partial charge on any atom is 0.223 e. The van der Waals surface area contributed by atoms with E-state index in [9.17, 15) is 4.79 Å². The van der Waals surface area contributed by atoms with Crippen LogP contribution in [0.2, 0.25) is 0 Å². The van der Waals surface area contributed by atoms with Crippen molar-refractivity contribution in [1.29, 1.82) is 0 Å². The molecule has 1 saturated heterocycles. The van der Waals surface area contributed by atoms with Gasteiger partial charge in [0.05, 0.1) is 0 Å². The van der Waals surface area contributed by atoms with Gasteiger partial charge in [0.15, 0.2) is 0 Å². The topological polar surface area (TPSA) is 50.2 Å². The number of hydrogen-bond acceptors (Lipinski definition) is 3. The maximum absolute atomic E-state index is 12.6. The number of aromatic nitrogens is 2. The molecule has 6 heteroatoms. The van der Waals surface area contributed by atoms with E-state index in [4.69, 9.17) is 0 Å². The lowest BCUT2D eigenvalue weighted by atomic mass is 10.0. The summed E-state index contributed by atoms with van der Waals surface area (Å²) in [6, 6.07) is 0.0785.